The van der Waals surface area contributed by atoms with Crippen molar-refractivity contribution in [1.82, 2.24) is 5.32 Å². The van der Waals surface area contributed by atoms with Crippen molar-refractivity contribution in [1.29, 1.82) is 0 Å². The van der Waals surface area contributed by atoms with Gasteiger partial charge in [0, 0.05) is 6.04 Å². The first-order valence-electron chi connectivity index (χ1n) is 6.29. The van der Waals surface area contributed by atoms with E-state index in [9.17, 15) is 5.11 Å². The van der Waals surface area contributed by atoms with Crippen LogP contribution < -0.4 is 5.32 Å². The van der Waals surface area contributed by atoms with Gasteiger partial charge in [0.2, 0.25) is 0 Å². The predicted molar refractivity (Wildman–Crippen MR) is 66.6 cm³/mol. The molecule has 2 atom stereocenters. The number of hydrogen-bond acceptors (Lipinski definition) is 2. The van der Waals surface area contributed by atoms with E-state index in [2.05, 4.69) is 18.3 Å². The van der Waals surface area contributed by atoms with E-state index in [-0.39, 0.29) is 0 Å². The van der Waals surface area contributed by atoms with Crippen LogP contribution in [0.2, 0.25) is 0 Å². The molecule has 2 N–H and O–H groups in total. The summed E-state index contributed by atoms with van der Waals surface area (Å²) in [4.78, 5) is 0. The van der Waals surface area contributed by atoms with E-state index in [0.29, 0.717) is 11.8 Å². The third-order valence-corrected chi connectivity index (χ3v) is 3.57. The Morgan fingerprint density at radius 3 is 3.06 bits per heavy atom. The molecular weight excluding hydrogens is 198 g/mol. The average molecular weight is 219 g/mol. The van der Waals surface area contributed by atoms with Gasteiger partial charge in [-0.2, -0.15) is 0 Å². The Kier molecular flexibility index (Phi) is 3.83. The summed E-state index contributed by atoms with van der Waals surface area (Å²) in [5, 5.41) is 13.0. The zero-order valence-electron chi connectivity index (χ0n) is 9.95. The highest BCUT2D eigenvalue weighted by molar-refractivity contribution is 5.27. The molecule has 16 heavy (non-hydrogen) atoms. The van der Waals surface area contributed by atoms with Gasteiger partial charge < -0.3 is 10.4 Å². The van der Waals surface area contributed by atoms with Gasteiger partial charge in [0.1, 0.15) is 5.75 Å². The highest BCUT2D eigenvalue weighted by Gasteiger charge is 2.20. The van der Waals surface area contributed by atoms with Crippen molar-refractivity contribution in [2.24, 2.45) is 5.92 Å². The number of hydrogen-bond donors (Lipinski definition) is 2. The minimum Gasteiger partial charge on any atom is -0.508 e. The molecule has 2 rings (SSSR count). The minimum absolute atomic E-state index is 0.375. The van der Waals surface area contributed by atoms with Crippen LogP contribution in [0.1, 0.15) is 31.7 Å². The van der Waals surface area contributed by atoms with Gasteiger partial charge in [-0.3, -0.25) is 0 Å². The summed E-state index contributed by atoms with van der Waals surface area (Å²) in [7, 11) is 0. The van der Waals surface area contributed by atoms with Gasteiger partial charge in [-0.05, 0) is 49.4 Å². The van der Waals surface area contributed by atoms with E-state index < -0.39 is 0 Å². The van der Waals surface area contributed by atoms with E-state index in [4.69, 9.17) is 0 Å². The Morgan fingerprint density at radius 2 is 2.31 bits per heavy atom. The molecule has 0 saturated carbocycles. The summed E-state index contributed by atoms with van der Waals surface area (Å²) in [6, 6.07) is 8.20. The van der Waals surface area contributed by atoms with Crippen molar-refractivity contribution in [3.63, 3.8) is 0 Å². The number of piperidine rings is 1. The molecule has 2 nitrogen and oxygen atoms in total. The minimum atomic E-state index is 0.375. The average Bonchev–Trinajstić information content (AvgIpc) is 2.29. The van der Waals surface area contributed by atoms with Crippen LogP contribution in [0.25, 0.3) is 0 Å². The number of rotatable bonds is 3. The summed E-state index contributed by atoms with van der Waals surface area (Å²) >= 11 is 0. The lowest BCUT2D eigenvalue weighted by Gasteiger charge is -2.29. The zero-order valence-corrected chi connectivity index (χ0v) is 9.95. The van der Waals surface area contributed by atoms with Crippen LogP contribution in [0.4, 0.5) is 0 Å². The Labute approximate surface area is 97.7 Å². The van der Waals surface area contributed by atoms with Crippen molar-refractivity contribution >= 4 is 0 Å². The summed E-state index contributed by atoms with van der Waals surface area (Å²) < 4.78 is 0. The summed E-state index contributed by atoms with van der Waals surface area (Å²) in [5.74, 6) is 1.25. The molecule has 1 aliphatic heterocycles. The van der Waals surface area contributed by atoms with E-state index in [0.717, 1.165) is 18.9 Å². The molecule has 0 aliphatic carbocycles. The molecule has 0 radical (unpaired) electrons. The van der Waals surface area contributed by atoms with Crippen molar-refractivity contribution in [2.45, 2.75) is 38.6 Å². The molecule has 0 amide bonds. The SMILES string of the molecule is CCC1CCNC(Cc2cccc(O)c2)C1. The molecule has 1 saturated heterocycles. The molecule has 1 fully saturated rings. The predicted octanol–water partition coefficient (Wildman–Crippen LogP) is 2.71. The Hall–Kier alpha value is -1.02. The number of phenolic OH excluding ortho intramolecular Hbond substituents is 1. The fourth-order valence-corrected chi connectivity index (χ4v) is 2.59. The van der Waals surface area contributed by atoms with Crippen molar-refractivity contribution in [3.8, 4) is 5.75 Å². The first-order valence-corrected chi connectivity index (χ1v) is 6.29. The first kappa shape index (κ1) is 11.5. The van der Waals surface area contributed by atoms with Crippen LogP contribution in [0.15, 0.2) is 24.3 Å². The van der Waals surface area contributed by atoms with Crippen molar-refractivity contribution < 1.29 is 5.11 Å². The maximum absolute atomic E-state index is 9.42. The second-order valence-corrected chi connectivity index (χ2v) is 4.82. The zero-order chi connectivity index (χ0) is 11.4. The molecular formula is C14H21NO. The molecule has 1 heterocycles. The fourth-order valence-electron chi connectivity index (χ4n) is 2.59. The van der Waals surface area contributed by atoms with Gasteiger partial charge in [0.25, 0.3) is 0 Å². The number of nitrogens with one attached hydrogen (secondary N) is 1. The van der Waals surface area contributed by atoms with E-state index in [1.165, 1.54) is 24.8 Å². The normalized spacial score (nSPS) is 25.6. The Bertz CT molecular complexity index is 337. The van der Waals surface area contributed by atoms with Crippen LogP contribution in [-0.2, 0) is 6.42 Å². The molecule has 2 unspecified atom stereocenters. The third kappa shape index (κ3) is 2.99. The van der Waals surface area contributed by atoms with Crippen LogP contribution in [0, 0.1) is 5.92 Å². The second-order valence-electron chi connectivity index (χ2n) is 4.82. The van der Waals surface area contributed by atoms with Crippen molar-refractivity contribution in [2.75, 3.05) is 6.54 Å². The highest BCUT2D eigenvalue weighted by Crippen LogP contribution is 2.22. The third-order valence-electron chi connectivity index (χ3n) is 3.57. The number of benzene rings is 1. The second kappa shape index (κ2) is 5.35. The van der Waals surface area contributed by atoms with Gasteiger partial charge in [0.05, 0.1) is 0 Å². The van der Waals surface area contributed by atoms with Crippen LogP contribution in [-0.4, -0.2) is 17.7 Å². The Morgan fingerprint density at radius 1 is 1.44 bits per heavy atom. The lowest BCUT2D eigenvalue weighted by Crippen LogP contribution is -2.39. The highest BCUT2D eigenvalue weighted by atomic mass is 16.3. The van der Waals surface area contributed by atoms with Gasteiger partial charge >= 0.3 is 0 Å². The quantitative estimate of drug-likeness (QED) is 0.819. The van der Waals surface area contributed by atoms with Gasteiger partial charge in [-0.1, -0.05) is 25.5 Å². The molecule has 1 aromatic rings. The smallest absolute Gasteiger partial charge is 0.115 e. The number of phenols is 1. The Balaban J connectivity index is 1.94. The molecule has 0 spiro atoms. The fraction of sp³-hybridized carbons (Fsp3) is 0.571. The number of aromatic hydroxyl groups is 1. The monoisotopic (exact) mass is 219 g/mol. The summed E-state index contributed by atoms with van der Waals surface area (Å²) in [5.41, 5.74) is 1.23. The lowest BCUT2D eigenvalue weighted by atomic mass is 9.88. The van der Waals surface area contributed by atoms with Crippen LogP contribution in [0.3, 0.4) is 0 Å². The topological polar surface area (TPSA) is 32.3 Å². The first-order chi connectivity index (χ1) is 7.78. The lowest BCUT2D eigenvalue weighted by molar-refractivity contribution is 0.294. The standard InChI is InChI=1S/C14H21NO/c1-2-11-6-7-15-13(8-11)9-12-4-3-5-14(16)10-12/h3-5,10-11,13,15-16H,2,6-9H2,1H3. The molecule has 2 heteroatoms. The van der Waals surface area contributed by atoms with E-state index in [1.807, 2.05) is 12.1 Å². The molecule has 88 valence electrons. The summed E-state index contributed by atoms with van der Waals surface area (Å²) in [6.07, 6.45) is 4.91. The molecule has 1 aromatic carbocycles. The molecule has 1 aliphatic rings. The van der Waals surface area contributed by atoms with E-state index in [1.54, 1.807) is 6.07 Å². The molecule has 0 aromatic heterocycles. The van der Waals surface area contributed by atoms with Gasteiger partial charge in [-0.15, -0.1) is 0 Å². The maximum Gasteiger partial charge on any atom is 0.115 e. The van der Waals surface area contributed by atoms with Gasteiger partial charge in [0.15, 0.2) is 0 Å². The van der Waals surface area contributed by atoms with Crippen LogP contribution in [0.5, 0.6) is 5.75 Å². The van der Waals surface area contributed by atoms with Crippen molar-refractivity contribution in [3.05, 3.63) is 29.8 Å². The molecule has 0 bridgehead atoms. The van der Waals surface area contributed by atoms with E-state index >= 15 is 0 Å². The summed E-state index contributed by atoms with van der Waals surface area (Å²) in [6.45, 7) is 3.42. The van der Waals surface area contributed by atoms with Crippen LogP contribution >= 0.6 is 0 Å². The largest absolute Gasteiger partial charge is 0.508 e. The maximum atomic E-state index is 9.42. The van der Waals surface area contributed by atoms with Gasteiger partial charge in [-0.25, -0.2) is 0 Å².